The van der Waals surface area contributed by atoms with E-state index in [1.807, 2.05) is 0 Å². The molecule has 1 amide bonds. The second-order valence-electron chi connectivity index (χ2n) is 2.23. The van der Waals surface area contributed by atoms with Crippen LogP contribution in [0.25, 0.3) is 0 Å². The Morgan fingerprint density at radius 2 is 2.00 bits per heavy atom. The number of carbonyl (C=O) groups is 1. The maximum Gasteiger partial charge on any atom is 0.239 e. The minimum Gasteiger partial charge on any atom is -0.508 e. The molecule has 0 aliphatic rings. The summed E-state index contributed by atoms with van der Waals surface area (Å²) in [4.78, 5) is 10.8. The number of phenolic OH excluding ortho intramolecular Hbond substituents is 1. The van der Waals surface area contributed by atoms with Gasteiger partial charge in [0.1, 0.15) is 11.6 Å². The smallest absolute Gasteiger partial charge is 0.239 e. The summed E-state index contributed by atoms with van der Waals surface area (Å²) in [6.07, 6.45) is 0. The third kappa shape index (κ3) is 2.43. The van der Waals surface area contributed by atoms with Crippen LogP contribution in [0.4, 0.5) is 5.69 Å². The number of benzene rings is 1. The third-order valence-corrected chi connectivity index (χ3v) is 1.52. The van der Waals surface area contributed by atoms with Gasteiger partial charge in [0.05, 0.1) is 0 Å². The topological polar surface area (TPSA) is 49.3 Å². The fraction of sp³-hybridized carbons (Fsp3) is 0.125. The molecule has 1 aromatic carbocycles. The van der Waals surface area contributed by atoms with Crippen molar-refractivity contribution in [3.63, 3.8) is 0 Å². The van der Waals surface area contributed by atoms with Crippen molar-refractivity contribution < 1.29 is 9.90 Å². The lowest BCUT2D eigenvalue weighted by Gasteiger charge is -2.01. The zero-order chi connectivity index (χ0) is 8.97. The van der Waals surface area contributed by atoms with E-state index in [9.17, 15) is 4.79 Å². The molecule has 1 rings (SSSR count). The van der Waals surface area contributed by atoms with Crippen LogP contribution in [0.15, 0.2) is 24.3 Å². The number of hydrogen-bond donors (Lipinski definition) is 2. The number of alkyl halides is 1. The molecule has 0 spiro atoms. The van der Waals surface area contributed by atoms with Crippen molar-refractivity contribution in [3.8, 4) is 5.75 Å². The minimum atomic E-state index is -0.262. The van der Waals surface area contributed by atoms with Gasteiger partial charge in [-0.25, -0.2) is 0 Å². The van der Waals surface area contributed by atoms with Crippen LogP contribution in [-0.2, 0) is 4.79 Å². The number of nitrogens with one attached hydrogen (secondary N) is 1. The van der Waals surface area contributed by atoms with Gasteiger partial charge in [0.15, 0.2) is 0 Å². The second kappa shape index (κ2) is 3.97. The molecular formula is C8H8ClNO2. The van der Waals surface area contributed by atoms with Crippen LogP contribution >= 0.6 is 11.6 Å². The first-order valence-corrected chi connectivity index (χ1v) is 3.90. The Labute approximate surface area is 75.0 Å². The number of rotatable bonds is 2. The molecule has 2 N–H and O–H groups in total. The zero-order valence-corrected chi connectivity index (χ0v) is 7.01. The quantitative estimate of drug-likeness (QED) is 0.543. The highest BCUT2D eigenvalue weighted by Gasteiger charge is 1.98. The Balaban J connectivity index is 2.64. The lowest BCUT2D eigenvalue weighted by atomic mass is 10.3. The molecule has 0 heterocycles. The van der Waals surface area contributed by atoms with E-state index in [1.54, 1.807) is 12.1 Å². The average Bonchev–Trinajstić information content (AvgIpc) is 2.09. The summed E-state index contributed by atoms with van der Waals surface area (Å²) in [5.41, 5.74) is 0.624. The summed E-state index contributed by atoms with van der Waals surface area (Å²) in [7, 11) is 0. The Morgan fingerprint density at radius 3 is 2.50 bits per heavy atom. The fourth-order valence-electron chi connectivity index (χ4n) is 0.739. The highest BCUT2D eigenvalue weighted by molar-refractivity contribution is 6.29. The molecule has 12 heavy (non-hydrogen) atoms. The molecule has 0 aliphatic carbocycles. The van der Waals surface area contributed by atoms with Crippen molar-refractivity contribution in [3.05, 3.63) is 24.3 Å². The van der Waals surface area contributed by atoms with E-state index in [1.165, 1.54) is 12.1 Å². The van der Waals surface area contributed by atoms with Crippen molar-refractivity contribution in [1.29, 1.82) is 0 Å². The predicted octanol–water partition coefficient (Wildman–Crippen LogP) is 1.57. The van der Waals surface area contributed by atoms with Gasteiger partial charge in [-0.05, 0) is 24.3 Å². The van der Waals surface area contributed by atoms with Gasteiger partial charge in [0, 0.05) is 5.69 Å². The third-order valence-electron chi connectivity index (χ3n) is 1.27. The summed E-state index contributed by atoms with van der Waals surface area (Å²) in [6.45, 7) is 0. The summed E-state index contributed by atoms with van der Waals surface area (Å²) in [6, 6.07) is 6.17. The SMILES string of the molecule is O=C(CCl)Nc1ccc(O)cc1. The lowest BCUT2D eigenvalue weighted by Crippen LogP contribution is -2.12. The van der Waals surface area contributed by atoms with Crippen molar-refractivity contribution in [2.24, 2.45) is 0 Å². The van der Waals surface area contributed by atoms with Gasteiger partial charge >= 0.3 is 0 Å². The number of hydrogen-bond acceptors (Lipinski definition) is 2. The molecule has 0 saturated carbocycles. The van der Waals surface area contributed by atoms with E-state index in [2.05, 4.69) is 5.32 Å². The normalized spacial score (nSPS) is 9.42. The van der Waals surface area contributed by atoms with E-state index in [4.69, 9.17) is 16.7 Å². The number of anilines is 1. The molecule has 3 nitrogen and oxygen atoms in total. The Hall–Kier alpha value is -1.22. The van der Waals surface area contributed by atoms with Crippen LogP contribution in [0, 0.1) is 0 Å². The van der Waals surface area contributed by atoms with Gasteiger partial charge in [-0.3, -0.25) is 4.79 Å². The first-order valence-electron chi connectivity index (χ1n) is 3.37. The van der Waals surface area contributed by atoms with Crippen molar-refractivity contribution >= 4 is 23.2 Å². The largest absolute Gasteiger partial charge is 0.508 e. The van der Waals surface area contributed by atoms with Crippen LogP contribution in [0.2, 0.25) is 0 Å². The summed E-state index contributed by atoms with van der Waals surface area (Å²) < 4.78 is 0. The fourth-order valence-corrected chi connectivity index (χ4v) is 0.806. The van der Waals surface area contributed by atoms with E-state index >= 15 is 0 Å². The highest BCUT2D eigenvalue weighted by atomic mass is 35.5. The minimum absolute atomic E-state index is 0.0686. The van der Waals surface area contributed by atoms with E-state index in [0.717, 1.165) is 0 Å². The summed E-state index contributed by atoms with van der Waals surface area (Å²) >= 11 is 5.27. The summed E-state index contributed by atoms with van der Waals surface area (Å²) in [5.74, 6) is -0.165. The maximum atomic E-state index is 10.8. The van der Waals surface area contributed by atoms with Crippen molar-refractivity contribution in [2.75, 3.05) is 11.2 Å². The standard InChI is InChI=1S/C8H8ClNO2/c9-5-8(12)10-6-1-3-7(11)4-2-6/h1-4,11H,5H2,(H,10,12). The second-order valence-corrected chi connectivity index (χ2v) is 2.50. The first-order chi connectivity index (χ1) is 5.72. The molecule has 0 aromatic heterocycles. The summed E-state index contributed by atoms with van der Waals surface area (Å²) in [5, 5.41) is 11.4. The number of amides is 1. The van der Waals surface area contributed by atoms with Crippen molar-refractivity contribution in [2.45, 2.75) is 0 Å². The van der Waals surface area contributed by atoms with Crippen LogP contribution in [-0.4, -0.2) is 16.9 Å². The molecule has 0 unspecified atom stereocenters. The molecule has 0 aliphatic heterocycles. The average molecular weight is 186 g/mol. The van der Waals surface area contributed by atoms with Gasteiger partial charge in [-0.15, -0.1) is 11.6 Å². The van der Waals surface area contributed by atoms with E-state index < -0.39 is 0 Å². The molecule has 0 radical (unpaired) electrons. The van der Waals surface area contributed by atoms with Gasteiger partial charge in [0.25, 0.3) is 0 Å². The van der Waals surface area contributed by atoms with E-state index in [0.29, 0.717) is 5.69 Å². The zero-order valence-electron chi connectivity index (χ0n) is 6.25. The molecule has 0 atom stereocenters. The Kier molecular flexibility index (Phi) is 2.94. The predicted molar refractivity (Wildman–Crippen MR) is 47.5 cm³/mol. The van der Waals surface area contributed by atoms with E-state index in [-0.39, 0.29) is 17.5 Å². The number of carbonyl (C=O) groups excluding carboxylic acids is 1. The number of phenols is 1. The van der Waals surface area contributed by atoms with Gasteiger partial charge in [-0.1, -0.05) is 0 Å². The van der Waals surface area contributed by atoms with Crippen molar-refractivity contribution in [1.82, 2.24) is 0 Å². The Morgan fingerprint density at radius 1 is 1.42 bits per heavy atom. The van der Waals surface area contributed by atoms with Gasteiger partial charge < -0.3 is 10.4 Å². The van der Waals surface area contributed by atoms with Crippen LogP contribution < -0.4 is 5.32 Å². The molecule has 64 valence electrons. The molecule has 1 aromatic rings. The Bertz CT molecular complexity index is 271. The molecule has 0 fully saturated rings. The molecule has 0 bridgehead atoms. The highest BCUT2D eigenvalue weighted by Crippen LogP contribution is 2.13. The van der Waals surface area contributed by atoms with Gasteiger partial charge in [0.2, 0.25) is 5.91 Å². The molecule has 4 heteroatoms. The van der Waals surface area contributed by atoms with Gasteiger partial charge in [-0.2, -0.15) is 0 Å². The first kappa shape index (κ1) is 8.87. The number of halogens is 1. The van der Waals surface area contributed by atoms with Crippen LogP contribution in [0.3, 0.4) is 0 Å². The maximum absolute atomic E-state index is 10.8. The number of aromatic hydroxyl groups is 1. The van der Waals surface area contributed by atoms with Crippen LogP contribution in [0.1, 0.15) is 0 Å². The monoisotopic (exact) mass is 185 g/mol. The lowest BCUT2D eigenvalue weighted by molar-refractivity contribution is -0.113. The molecule has 0 saturated heterocycles. The van der Waals surface area contributed by atoms with Crippen LogP contribution in [0.5, 0.6) is 5.75 Å². The molecular weight excluding hydrogens is 178 g/mol.